The number of rotatable bonds is 3. The summed E-state index contributed by atoms with van der Waals surface area (Å²) in [5, 5.41) is 6.83. The number of hydrogen-bond acceptors (Lipinski definition) is 4. The van der Waals surface area contributed by atoms with Crippen molar-refractivity contribution in [3.8, 4) is 0 Å². The number of nitrogens with one attached hydrogen (secondary N) is 2. The third-order valence-electron chi connectivity index (χ3n) is 1.77. The van der Waals surface area contributed by atoms with Gasteiger partial charge in [0, 0.05) is 6.20 Å². The molecule has 68 valence electrons. The van der Waals surface area contributed by atoms with E-state index in [1.807, 2.05) is 6.92 Å². The Bertz CT molecular complexity index is 365. The van der Waals surface area contributed by atoms with Crippen LogP contribution >= 0.6 is 0 Å². The Labute approximate surface area is 75.2 Å². The van der Waals surface area contributed by atoms with Gasteiger partial charge in [-0.05, 0) is 6.92 Å². The average Bonchev–Trinajstić information content (AvgIpc) is 2.72. The van der Waals surface area contributed by atoms with E-state index in [-0.39, 0.29) is 0 Å². The quantitative estimate of drug-likeness (QED) is 0.743. The molecule has 0 radical (unpaired) electrons. The Morgan fingerprint density at radius 3 is 3.08 bits per heavy atom. The van der Waals surface area contributed by atoms with E-state index in [1.165, 1.54) is 0 Å². The smallest absolute Gasteiger partial charge is 0.156 e. The van der Waals surface area contributed by atoms with E-state index in [0.717, 1.165) is 17.1 Å². The molecular weight excluding hydrogens is 168 g/mol. The molecule has 0 fully saturated rings. The van der Waals surface area contributed by atoms with Gasteiger partial charge >= 0.3 is 0 Å². The lowest BCUT2D eigenvalue weighted by atomic mass is 10.4. The predicted molar refractivity (Wildman–Crippen MR) is 47.2 cm³/mol. The molecule has 0 aliphatic rings. The second-order valence-electron chi connectivity index (χ2n) is 2.73. The number of aromatic amines is 1. The molecule has 0 saturated carbocycles. The fourth-order valence-electron chi connectivity index (χ4n) is 1.04. The molecule has 2 N–H and O–H groups in total. The molecule has 0 aliphatic carbocycles. The zero-order valence-corrected chi connectivity index (χ0v) is 7.24. The van der Waals surface area contributed by atoms with Crippen molar-refractivity contribution >= 4 is 5.69 Å². The summed E-state index contributed by atoms with van der Waals surface area (Å²) in [6, 6.07) is 0. The van der Waals surface area contributed by atoms with Crippen LogP contribution in [0, 0.1) is 6.92 Å². The minimum atomic E-state index is 0.696. The molecule has 2 aromatic heterocycles. The average molecular weight is 178 g/mol. The highest BCUT2D eigenvalue weighted by atomic mass is 16.5. The molecule has 2 heterocycles. The van der Waals surface area contributed by atoms with Crippen molar-refractivity contribution in [2.45, 2.75) is 13.5 Å². The first-order valence-electron chi connectivity index (χ1n) is 3.98. The molecule has 0 atom stereocenters. The Balaban J connectivity index is 1.97. The van der Waals surface area contributed by atoms with E-state index in [1.54, 1.807) is 18.7 Å². The van der Waals surface area contributed by atoms with Crippen molar-refractivity contribution in [3.63, 3.8) is 0 Å². The van der Waals surface area contributed by atoms with Crippen molar-refractivity contribution < 1.29 is 4.52 Å². The minimum absolute atomic E-state index is 0.696. The second kappa shape index (κ2) is 3.30. The predicted octanol–water partition coefficient (Wildman–Crippen LogP) is 1.32. The number of H-pyrrole nitrogens is 1. The molecule has 0 saturated heterocycles. The van der Waals surface area contributed by atoms with Gasteiger partial charge in [-0.3, -0.25) is 0 Å². The zero-order chi connectivity index (χ0) is 9.10. The van der Waals surface area contributed by atoms with E-state index in [0.29, 0.717) is 6.54 Å². The van der Waals surface area contributed by atoms with Gasteiger partial charge in [-0.15, -0.1) is 0 Å². The van der Waals surface area contributed by atoms with Gasteiger partial charge in [-0.25, -0.2) is 4.98 Å². The largest absolute Gasteiger partial charge is 0.375 e. The fraction of sp³-hybridized carbons (Fsp3) is 0.250. The summed E-state index contributed by atoms with van der Waals surface area (Å²) in [6.45, 7) is 2.56. The molecule has 2 rings (SSSR count). The van der Waals surface area contributed by atoms with Crippen molar-refractivity contribution in [2.75, 3.05) is 5.32 Å². The SMILES string of the molecule is Cc1oncc1NCc1cnc[nH]1. The lowest BCUT2D eigenvalue weighted by Crippen LogP contribution is -1.99. The summed E-state index contributed by atoms with van der Waals surface area (Å²) in [5.74, 6) is 0.791. The number of imidazole rings is 1. The Morgan fingerprint density at radius 2 is 2.46 bits per heavy atom. The molecule has 5 heteroatoms. The normalized spacial score (nSPS) is 10.2. The van der Waals surface area contributed by atoms with Crippen LogP contribution in [0.2, 0.25) is 0 Å². The van der Waals surface area contributed by atoms with Gasteiger partial charge in [0.1, 0.15) is 0 Å². The number of aryl methyl sites for hydroxylation is 1. The Morgan fingerprint density at radius 1 is 1.54 bits per heavy atom. The van der Waals surface area contributed by atoms with Crippen LogP contribution in [0.25, 0.3) is 0 Å². The Hall–Kier alpha value is -1.78. The van der Waals surface area contributed by atoms with Crippen LogP contribution in [0.5, 0.6) is 0 Å². The van der Waals surface area contributed by atoms with Crippen molar-refractivity contribution in [1.29, 1.82) is 0 Å². The fourth-order valence-corrected chi connectivity index (χ4v) is 1.04. The van der Waals surface area contributed by atoms with Gasteiger partial charge < -0.3 is 14.8 Å². The Kier molecular flexibility index (Phi) is 1.99. The number of anilines is 1. The molecule has 2 aromatic rings. The number of nitrogens with zero attached hydrogens (tertiary/aromatic N) is 2. The van der Waals surface area contributed by atoms with Crippen molar-refractivity contribution in [2.24, 2.45) is 0 Å². The van der Waals surface area contributed by atoms with Gasteiger partial charge in [0.05, 0.1) is 30.5 Å². The summed E-state index contributed by atoms with van der Waals surface area (Å²) in [5.41, 5.74) is 1.94. The van der Waals surface area contributed by atoms with Crippen LogP contribution in [-0.4, -0.2) is 15.1 Å². The molecule has 5 nitrogen and oxygen atoms in total. The third kappa shape index (κ3) is 1.69. The van der Waals surface area contributed by atoms with Gasteiger partial charge in [0.25, 0.3) is 0 Å². The van der Waals surface area contributed by atoms with E-state index < -0.39 is 0 Å². The summed E-state index contributed by atoms with van der Waals surface area (Å²) in [6.07, 6.45) is 5.08. The number of aromatic nitrogens is 3. The molecule has 0 bridgehead atoms. The monoisotopic (exact) mass is 178 g/mol. The topological polar surface area (TPSA) is 66.7 Å². The maximum Gasteiger partial charge on any atom is 0.156 e. The lowest BCUT2D eigenvalue weighted by Gasteiger charge is -2.00. The zero-order valence-electron chi connectivity index (χ0n) is 7.24. The van der Waals surface area contributed by atoms with Gasteiger partial charge in [0.15, 0.2) is 5.76 Å². The first-order valence-corrected chi connectivity index (χ1v) is 3.98. The summed E-state index contributed by atoms with van der Waals surface area (Å²) < 4.78 is 4.90. The van der Waals surface area contributed by atoms with E-state index in [9.17, 15) is 0 Å². The highest BCUT2D eigenvalue weighted by molar-refractivity contribution is 5.43. The molecule has 13 heavy (non-hydrogen) atoms. The van der Waals surface area contributed by atoms with Crippen LogP contribution in [0.1, 0.15) is 11.5 Å². The highest BCUT2D eigenvalue weighted by Crippen LogP contribution is 2.12. The van der Waals surface area contributed by atoms with Crippen LogP contribution in [0.3, 0.4) is 0 Å². The van der Waals surface area contributed by atoms with Crippen LogP contribution < -0.4 is 5.32 Å². The second-order valence-corrected chi connectivity index (χ2v) is 2.73. The highest BCUT2D eigenvalue weighted by Gasteiger charge is 2.01. The van der Waals surface area contributed by atoms with Gasteiger partial charge in [-0.2, -0.15) is 0 Å². The summed E-state index contributed by atoms with van der Waals surface area (Å²) in [4.78, 5) is 6.90. The van der Waals surface area contributed by atoms with Gasteiger partial charge in [-0.1, -0.05) is 5.16 Å². The summed E-state index contributed by atoms with van der Waals surface area (Å²) in [7, 11) is 0. The first kappa shape index (κ1) is 7.85. The molecular formula is C8H10N4O. The lowest BCUT2D eigenvalue weighted by molar-refractivity contribution is 0.398. The molecule has 0 aromatic carbocycles. The maximum absolute atomic E-state index is 4.90. The standard InChI is InChI=1S/C8H10N4O/c1-6-8(4-12-13-6)10-3-7-2-9-5-11-7/h2,4-5,10H,3H2,1H3,(H,9,11). The van der Waals surface area contributed by atoms with Crippen LogP contribution in [0.15, 0.2) is 23.2 Å². The van der Waals surface area contributed by atoms with Crippen LogP contribution in [0.4, 0.5) is 5.69 Å². The molecule has 0 spiro atoms. The molecule has 0 unspecified atom stereocenters. The minimum Gasteiger partial charge on any atom is -0.375 e. The van der Waals surface area contributed by atoms with Crippen LogP contribution in [-0.2, 0) is 6.54 Å². The third-order valence-corrected chi connectivity index (χ3v) is 1.77. The maximum atomic E-state index is 4.90. The molecule has 0 aliphatic heterocycles. The number of hydrogen-bond donors (Lipinski definition) is 2. The molecule has 0 amide bonds. The summed E-state index contributed by atoms with van der Waals surface area (Å²) >= 11 is 0. The van der Waals surface area contributed by atoms with E-state index >= 15 is 0 Å². The van der Waals surface area contributed by atoms with E-state index in [2.05, 4.69) is 20.4 Å². The van der Waals surface area contributed by atoms with Crippen molar-refractivity contribution in [3.05, 3.63) is 30.2 Å². The van der Waals surface area contributed by atoms with E-state index in [4.69, 9.17) is 4.52 Å². The van der Waals surface area contributed by atoms with Crippen molar-refractivity contribution in [1.82, 2.24) is 15.1 Å². The van der Waals surface area contributed by atoms with Gasteiger partial charge in [0.2, 0.25) is 0 Å². The first-order chi connectivity index (χ1) is 6.36.